The van der Waals surface area contributed by atoms with Crippen molar-refractivity contribution in [1.82, 2.24) is 9.97 Å². The van der Waals surface area contributed by atoms with E-state index in [0.717, 1.165) is 12.5 Å². The van der Waals surface area contributed by atoms with Gasteiger partial charge in [0.05, 0.1) is 11.5 Å². The molecule has 2 aromatic rings. The van der Waals surface area contributed by atoms with E-state index in [0.29, 0.717) is 5.82 Å². The van der Waals surface area contributed by atoms with Crippen LogP contribution in [0.3, 0.4) is 0 Å². The van der Waals surface area contributed by atoms with Crippen LogP contribution >= 0.6 is 0 Å². The monoisotopic (exact) mass is 424 g/mol. The highest BCUT2D eigenvalue weighted by atomic mass is 19.2. The third-order valence-corrected chi connectivity index (χ3v) is 5.72. The van der Waals surface area contributed by atoms with E-state index >= 15 is 0 Å². The summed E-state index contributed by atoms with van der Waals surface area (Å²) in [4.78, 5) is 21.3. The fourth-order valence-electron chi connectivity index (χ4n) is 3.73. The van der Waals surface area contributed by atoms with E-state index in [4.69, 9.17) is 4.74 Å². The molecule has 30 heavy (non-hydrogen) atoms. The standard InChI is InChI=1S/C22H24F4N2O2/c1-10-15(23)17(25)12(18(26)16(10)24)9-30-19(29)14-13(22(14,5)6)11-7-27-20(28-8-11)21(2,3)4/h7-8,13-14H,9H2,1-6H3/t13-,14+/m1/s1. The summed E-state index contributed by atoms with van der Waals surface area (Å²) in [5.41, 5.74) is -1.66. The number of nitrogens with zero attached hydrogens (tertiary/aromatic N) is 2. The van der Waals surface area contributed by atoms with E-state index in [-0.39, 0.29) is 11.3 Å². The Morgan fingerprint density at radius 3 is 2.00 bits per heavy atom. The predicted octanol–water partition coefficient (Wildman–Crippen LogP) is 5.12. The topological polar surface area (TPSA) is 52.1 Å². The van der Waals surface area contributed by atoms with Crippen LogP contribution in [-0.4, -0.2) is 15.9 Å². The number of benzene rings is 1. The molecule has 0 amide bonds. The van der Waals surface area contributed by atoms with Crippen LogP contribution in [0.4, 0.5) is 17.6 Å². The average Bonchev–Trinajstić information content (AvgIpc) is 3.26. The van der Waals surface area contributed by atoms with Crippen LogP contribution in [0.15, 0.2) is 12.4 Å². The summed E-state index contributed by atoms with van der Waals surface area (Å²) in [5, 5.41) is 0. The van der Waals surface area contributed by atoms with Gasteiger partial charge in [-0.2, -0.15) is 0 Å². The molecular weight excluding hydrogens is 400 g/mol. The zero-order chi connectivity index (χ0) is 22.6. The lowest BCUT2D eigenvalue weighted by Crippen LogP contribution is -2.16. The summed E-state index contributed by atoms with van der Waals surface area (Å²) >= 11 is 0. The Bertz CT molecular complexity index is 969. The second-order valence-electron chi connectivity index (χ2n) is 9.33. The number of ether oxygens (including phenoxy) is 1. The van der Waals surface area contributed by atoms with Gasteiger partial charge in [0.25, 0.3) is 0 Å². The molecule has 1 aliphatic carbocycles. The first kappa shape index (κ1) is 22.2. The number of hydrogen-bond donors (Lipinski definition) is 0. The number of hydrogen-bond acceptors (Lipinski definition) is 4. The van der Waals surface area contributed by atoms with Crippen LogP contribution in [-0.2, 0) is 21.6 Å². The molecule has 2 atom stereocenters. The Morgan fingerprint density at radius 1 is 1.03 bits per heavy atom. The molecule has 1 saturated carbocycles. The van der Waals surface area contributed by atoms with Gasteiger partial charge in [-0.1, -0.05) is 34.6 Å². The minimum absolute atomic E-state index is 0.220. The van der Waals surface area contributed by atoms with Gasteiger partial charge in [0, 0.05) is 29.3 Å². The quantitative estimate of drug-likeness (QED) is 0.388. The lowest BCUT2D eigenvalue weighted by Gasteiger charge is -2.16. The van der Waals surface area contributed by atoms with E-state index in [2.05, 4.69) is 9.97 Å². The molecule has 8 heteroatoms. The van der Waals surface area contributed by atoms with Crippen LogP contribution in [0.5, 0.6) is 0 Å². The van der Waals surface area contributed by atoms with Crippen LogP contribution < -0.4 is 0 Å². The maximum atomic E-state index is 14.0. The molecule has 1 aromatic carbocycles. The van der Waals surface area contributed by atoms with E-state index < -0.39 is 58.3 Å². The summed E-state index contributed by atoms with van der Waals surface area (Å²) in [5.74, 6) is -6.98. The number of carbonyl (C=O) groups is 1. The maximum absolute atomic E-state index is 14.0. The molecule has 0 N–H and O–H groups in total. The Kier molecular flexibility index (Phi) is 5.41. The van der Waals surface area contributed by atoms with Crippen molar-refractivity contribution in [2.75, 3.05) is 0 Å². The third kappa shape index (κ3) is 3.68. The first-order valence-electron chi connectivity index (χ1n) is 9.59. The summed E-state index contributed by atoms with van der Waals surface area (Å²) < 4.78 is 60.5. The number of carbonyl (C=O) groups excluding carboxylic acids is 1. The van der Waals surface area contributed by atoms with Gasteiger partial charge in [-0.15, -0.1) is 0 Å². The van der Waals surface area contributed by atoms with Crippen molar-refractivity contribution in [2.24, 2.45) is 11.3 Å². The predicted molar refractivity (Wildman–Crippen MR) is 102 cm³/mol. The molecule has 4 nitrogen and oxygen atoms in total. The van der Waals surface area contributed by atoms with E-state index in [1.165, 1.54) is 0 Å². The summed E-state index contributed by atoms with van der Waals surface area (Å²) in [6, 6.07) is 0. The van der Waals surface area contributed by atoms with E-state index in [9.17, 15) is 22.4 Å². The third-order valence-electron chi connectivity index (χ3n) is 5.72. The Morgan fingerprint density at radius 2 is 1.53 bits per heavy atom. The van der Waals surface area contributed by atoms with Crippen LogP contribution in [0.25, 0.3) is 0 Å². The summed E-state index contributed by atoms with van der Waals surface area (Å²) in [6.45, 7) is 9.69. The number of esters is 1. The first-order valence-corrected chi connectivity index (χ1v) is 9.59. The molecule has 0 unspecified atom stereocenters. The molecule has 162 valence electrons. The smallest absolute Gasteiger partial charge is 0.310 e. The zero-order valence-electron chi connectivity index (χ0n) is 17.7. The van der Waals surface area contributed by atoms with Crippen molar-refractivity contribution in [2.45, 2.75) is 59.5 Å². The van der Waals surface area contributed by atoms with Crippen LogP contribution in [0.2, 0.25) is 0 Å². The van der Waals surface area contributed by atoms with E-state index in [1.807, 2.05) is 34.6 Å². The molecular formula is C22H24F4N2O2. The molecule has 1 aliphatic rings. The molecule has 1 fully saturated rings. The van der Waals surface area contributed by atoms with Crippen molar-refractivity contribution in [3.05, 3.63) is 58.2 Å². The minimum atomic E-state index is -1.56. The lowest BCUT2D eigenvalue weighted by molar-refractivity contribution is -0.147. The number of rotatable bonds is 4. The highest BCUT2D eigenvalue weighted by Gasteiger charge is 2.63. The van der Waals surface area contributed by atoms with Gasteiger partial charge in [0.2, 0.25) is 0 Å². The van der Waals surface area contributed by atoms with Gasteiger partial charge in [-0.3, -0.25) is 4.79 Å². The fraction of sp³-hybridized carbons (Fsp3) is 0.500. The molecule has 0 aliphatic heterocycles. The zero-order valence-corrected chi connectivity index (χ0v) is 17.7. The largest absolute Gasteiger partial charge is 0.460 e. The second-order valence-corrected chi connectivity index (χ2v) is 9.33. The first-order chi connectivity index (χ1) is 13.8. The van der Waals surface area contributed by atoms with Crippen LogP contribution in [0, 0.1) is 41.5 Å². The van der Waals surface area contributed by atoms with Crippen molar-refractivity contribution in [3.8, 4) is 0 Å². The van der Waals surface area contributed by atoms with E-state index in [1.54, 1.807) is 12.4 Å². The van der Waals surface area contributed by atoms with Crippen molar-refractivity contribution >= 4 is 5.97 Å². The molecule has 1 heterocycles. The minimum Gasteiger partial charge on any atom is -0.460 e. The SMILES string of the molecule is Cc1c(F)c(F)c(COC(=O)[C@@H]2[C@@H](c3cnc(C(C)(C)C)nc3)C2(C)C)c(F)c1F. The van der Waals surface area contributed by atoms with Gasteiger partial charge in [-0.25, -0.2) is 27.5 Å². The molecule has 0 bridgehead atoms. The normalized spacial score (nSPS) is 20.2. The van der Waals surface area contributed by atoms with Gasteiger partial charge in [0.15, 0.2) is 23.3 Å². The lowest BCUT2D eigenvalue weighted by atomic mass is 9.95. The number of halogens is 4. The average molecular weight is 424 g/mol. The molecule has 3 rings (SSSR count). The molecule has 0 radical (unpaired) electrons. The molecule has 0 spiro atoms. The summed E-state index contributed by atoms with van der Waals surface area (Å²) in [6.07, 6.45) is 3.33. The Labute approximate surface area is 172 Å². The summed E-state index contributed by atoms with van der Waals surface area (Å²) in [7, 11) is 0. The molecule has 1 aromatic heterocycles. The van der Waals surface area contributed by atoms with Gasteiger partial charge in [0.1, 0.15) is 12.4 Å². The van der Waals surface area contributed by atoms with Gasteiger partial charge in [-0.05, 0) is 17.9 Å². The van der Waals surface area contributed by atoms with Gasteiger partial charge >= 0.3 is 5.97 Å². The van der Waals surface area contributed by atoms with Crippen molar-refractivity contribution in [3.63, 3.8) is 0 Å². The fourth-order valence-corrected chi connectivity index (χ4v) is 3.73. The van der Waals surface area contributed by atoms with Crippen LogP contribution in [0.1, 0.15) is 63.1 Å². The highest BCUT2D eigenvalue weighted by molar-refractivity contribution is 5.79. The highest BCUT2D eigenvalue weighted by Crippen LogP contribution is 2.64. The van der Waals surface area contributed by atoms with Gasteiger partial charge < -0.3 is 4.74 Å². The Balaban J connectivity index is 1.76. The second kappa shape index (κ2) is 7.32. The van der Waals surface area contributed by atoms with Crippen molar-refractivity contribution in [1.29, 1.82) is 0 Å². The maximum Gasteiger partial charge on any atom is 0.310 e. The number of aromatic nitrogens is 2. The Hall–Kier alpha value is -2.51. The van der Waals surface area contributed by atoms with Crippen molar-refractivity contribution < 1.29 is 27.1 Å². The molecule has 0 saturated heterocycles.